The highest BCUT2D eigenvalue weighted by atomic mass is 79.9. The second kappa shape index (κ2) is 9.89. The maximum atomic E-state index is 12.7. The summed E-state index contributed by atoms with van der Waals surface area (Å²) in [6.07, 6.45) is 3.53. The van der Waals surface area contributed by atoms with E-state index in [-0.39, 0.29) is 17.4 Å². The van der Waals surface area contributed by atoms with E-state index in [4.69, 9.17) is 4.74 Å². The second-order valence-corrected chi connectivity index (χ2v) is 9.16. The number of amidine groups is 1. The van der Waals surface area contributed by atoms with Crippen molar-refractivity contribution in [1.29, 1.82) is 0 Å². The first-order valence-corrected chi connectivity index (χ1v) is 11.5. The van der Waals surface area contributed by atoms with E-state index in [1.165, 1.54) is 12.1 Å². The molecule has 1 aliphatic rings. The van der Waals surface area contributed by atoms with Gasteiger partial charge in [0.1, 0.15) is 11.6 Å². The van der Waals surface area contributed by atoms with Crippen LogP contribution in [0.3, 0.4) is 0 Å². The summed E-state index contributed by atoms with van der Waals surface area (Å²) < 4.78 is 34.2. The lowest BCUT2D eigenvalue weighted by molar-refractivity contribution is -0.118. The van der Waals surface area contributed by atoms with Crippen LogP contribution in [0.15, 0.2) is 62.9 Å². The lowest BCUT2D eigenvalue weighted by Gasteiger charge is -2.11. The lowest BCUT2D eigenvalue weighted by atomic mass is 10.2. The van der Waals surface area contributed by atoms with E-state index < -0.39 is 10.0 Å². The Bertz CT molecular complexity index is 991. The highest BCUT2D eigenvalue weighted by molar-refractivity contribution is 9.10. The molecule has 0 atom stereocenters. The Kier molecular flexibility index (Phi) is 7.27. The molecule has 0 bridgehead atoms. The summed E-state index contributed by atoms with van der Waals surface area (Å²) in [4.78, 5) is 16.5. The van der Waals surface area contributed by atoms with E-state index in [0.717, 1.165) is 23.7 Å². The summed E-state index contributed by atoms with van der Waals surface area (Å²) in [5, 5.41) is 2.65. The Morgan fingerprint density at radius 1 is 1.10 bits per heavy atom. The SMILES string of the molecule is O=C(COc1ccc(Br)cc1)Nc1cccc(S(=O)(=O)NC2=NCCCCC2)c1. The van der Waals surface area contributed by atoms with Crippen LogP contribution in [0.25, 0.3) is 0 Å². The zero-order valence-electron chi connectivity index (χ0n) is 15.7. The third-order valence-electron chi connectivity index (χ3n) is 4.24. The fourth-order valence-electron chi connectivity index (χ4n) is 2.79. The van der Waals surface area contributed by atoms with Crippen molar-refractivity contribution in [1.82, 2.24) is 4.72 Å². The summed E-state index contributed by atoms with van der Waals surface area (Å²) in [7, 11) is -3.76. The quantitative estimate of drug-likeness (QED) is 0.659. The zero-order valence-corrected chi connectivity index (χ0v) is 18.1. The predicted octanol–water partition coefficient (Wildman–Crippen LogP) is 3.72. The molecular weight excluding hydrogens is 458 g/mol. The molecule has 2 aromatic rings. The molecule has 0 aliphatic carbocycles. The number of benzene rings is 2. The number of carbonyl (C=O) groups is 1. The summed E-state index contributed by atoms with van der Waals surface area (Å²) in [5.41, 5.74) is 0.375. The van der Waals surface area contributed by atoms with Gasteiger partial charge in [-0.1, -0.05) is 28.4 Å². The van der Waals surface area contributed by atoms with Crippen molar-refractivity contribution < 1.29 is 17.9 Å². The highest BCUT2D eigenvalue weighted by Gasteiger charge is 2.18. The third kappa shape index (κ3) is 6.57. The van der Waals surface area contributed by atoms with Gasteiger partial charge in [0.15, 0.2) is 6.61 Å². The Labute approximate surface area is 178 Å². The summed E-state index contributed by atoms with van der Waals surface area (Å²) in [6.45, 7) is 0.444. The van der Waals surface area contributed by atoms with Gasteiger partial charge in [-0.25, -0.2) is 8.42 Å². The first-order valence-electron chi connectivity index (χ1n) is 9.27. The van der Waals surface area contributed by atoms with Crippen molar-refractivity contribution in [3.8, 4) is 5.75 Å². The molecule has 1 aliphatic heterocycles. The number of hydrogen-bond acceptors (Lipinski definition) is 5. The highest BCUT2D eigenvalue weighted by Crippen LogP contribution is 2.18. The number of anilines is 1. The van der Waals surface area contributed by atoms with Crippen LogP contribution in [0, 0.1) is 0 Å². The molecule has 29 heavy (non-hydrogen) atoms. The number of aliphatic imine (C=N–C) groups is 1. The van der Waals surface area contributed by atoms with Crippen LogP contribution < -0.4 is 14.8 Å². The topological polar surface area (TPSA) is 96.9 Å². The minimum Gasteiger partial charge on any atom is -0.484 e. The number of halogens is 1. The number of carbonyl (C=O) groups excluding carboxylic acids is 1. The van der Waals surface area contributed by atoms with Crippen LogP contribution in [0.4, 0.5) is 5.69 Å². The second-order valence-electron chi connectivity index (χ2n) is 6.56. The molecule has 1 heterocycles. The van der Waals surface area contributed by atoms with E-state index in [2.05, 4.69) is 31.0 Å². The minimum atomic E-state index is -3.76. The molecule has 0 unspecified atom stereocenters. The van der Waals surface area contributed by atoms with Crippen LogP contribution in [0.2, 0.25) is 0 Å². The maximum absolute atomic E-state index is 12.7. The zero-order chi connectivity index (χ0) is 20.7. The van der Waals surface area contributed by atoms with Gasteiger partial charge in [0.2, 0.25) is 0 Å². The van der Waals surface area contributed by atoms with Crippen molar-refractivity contribution in [2.75, 3.05) is 18.5 Å². The maximum Gasteiger partial charge on any atom is 0.262 e. The van der Waals surface area contributed by atoms with Crippen molar-refractivity contribution in [3.63, 3.8) is 0 Å². The van der Waals surface area contributed by atoms with E-state index in [1.54, 1.807) is 24.3 Å². The summed E-state index contributed by atoms with van der Waals surface area (Å²) in [5.74, 6) is 0.663. The van der Waals surface area contributed by atoms with Gasteiger partial charge in [-0.3, -0.25) is 14.5 Å². The Morgan fingerprint density at radius 3 is 2.69 bits per heavy atom. The standard InChI is InChI=1S/C20H22BrN3O4S/c21-15-8-10-17(11-9-15)28-14-20(25)23-16-5-4-6-18(13-16)29(26,27)24-19-7-2-1-3-12-22-19/h4-6,8-11,13H,1-3,7,12,14H2,(H,22,24)(H,23,25). The average Bonchev–Trinajstić information content (AvgIpc) is 2.96. The van der Waals surface area contributed by atoms with E-state index in [9.17, 15) is 13.2 Å². The Morgan fingerprint density at radius 2 is 1.90 bits per heavy atom. The molecule has 2 N–H and O–H groups in total. The monoisotopic (exact) mass is 479 g/mol. The van der Waals surface area contributed by atoms with E-state index in [1.807, 2.05) is 12.1 Å². The first kappa shape index (κ1) is 21.3. The number of nitrogens with one attached hydrogen (secondary N) is 2. The van der Waals surface area contributed by atoms with Gasteiger partial charge in [-0.2, -0.15) is 0 Å². The summed E-state index contributed by atoms with van der Waals surface area (Å²) >= 11 is 3.33. The van der Waals surface area contributed by atoms with Crippen LogP contribution in [-0.4, -0.2) is 33.3 Å². The molecule has 154 valence electrons. The van der Waals surface area contributed by atoms with Gasteiger partial charge in [0, 0.05) is 23.1 Å². The first-order chi connectivity index (χ1) is 13.9. The Hall–Kier alpha value is -2.39. The number of sulfonamides is 1. The van der Waals surface area contributed by atoms with Crippen LogP contribution >= 0.6 is 15.9 Å². The van der Waals surface area contributed by atoms with Crippen molar-refractivity contribution >= 4 is 43.4 Å². The third-order valence-corrected chi connectivity index (χ3v) is 6.15. The predicted molar refractivity (Wildman–Crippen MR) is 116 cm³/mol. The van der Waals surface area contributed by atoms with Crippen LogP contribution in [-0.2, 0) is 14.8 Å². The average molecular weight is 480 g/mol. The molecule has 1 amide bonds. The number of nitrogens with zero attached hydrogens (tertiary/aromatic N) is 1. The van der Waals surface area contributed by atoms with Crippen molar-refractivity contribution in [3.05, 3.63) is 53.0 Å². The fourth-order valence-corrected chi connectivity index (χ4v) is 4.19. The van der Waals surface area contributed by atoms with Crippen molar-refractivity contribution in [2.45, 2.75) is 30.6 Å². The minimum absolute atomic E-state index is 0.0658. The largest absolute Gasteiger partial charge is 0.484 e. The van der Waals surface area contributed by atoms with Gasteiger partial charge in [-0.05, 0) is 55.3 Å². The molecular formula is C20H22BrN3O4S. The van der Waals surface area contributed by atoms with E-state index >= 15 is 0 Å². The van der Waals surface area contributed by atoms with Gasteiger partial charge in [0.25, 0.3) is 15.9 Å². The van der Waals surface area contributed by atoms with Crippen molar-refractivity contribution in [2.24, 2.45) is 4.99 Å². The van der Waals surface area contributed by atoms with Gasteiger partial charge >= 0.3 is 0 Å². The molecule has 2 aromatic carbocycles. The number of amides is 1. The normalized spacial score (nSPS) is 14.4. The molecule has 0 radical (unpaired) electrons. The van der Waals surface area contributed by atoms with Gasteiger partial charge < -0.3 is 10.1 Å². The number of ether oxygens (including phenoxy) is 1. The molecule has 9 heteroatoms. The van der Waals surface area contributed by atoms with E-state index in [0.29, 0.717) is 30.2 Å². The number of rotatable bonds is 6. The molecule has 0 aromatic heterocycles. The molecule has 7 nitrogen and oxygen atoms in total. The van der Waals surface area contributed by atoms with Crippen LogP contribution in [0.5, 0.6) is 5.75 Å². The number of hydrogen-bond donors (Lipinski definition) is 2. The summed E-state index contributed by atoms with van der Waals surface area (Å²) in [6, 6.07) is 13.2. The smallest absolute Gasteiger partial charge is 0.262 e. The molecule has 0 spiro atoms. The Balaban J connectivity index is 1.61. The molecule has 3 rings (SSSR count). The molecule has 0 saturated carbocycles. The molecule has 0 saturated heterocycles. The fraction of sp³-hybridized carbons (Fsp3) is 0.300. The van der Waals surface area contributed by atoms with Crippen LogP contribution in [0.1, 0.15) is 25.7 Å². The van der Waals surface area contributed by atoms with Gasteiger partial charge in [-0.15, -0.1) is 0 Å². The van der Waals surface area contributed by atoms with Gasteiger partial charge in [0.05, 0.1) is 4.90 Å². The molecule has 0 fully saturated rings. The lowest BCUT2D eigenvalue weighted by Crippen LogP contribution is -2.30.